The molecule has 30 heavy (non-hydrogen) atoms. The number of para-hydroxylation sites is 1. The summed E-state index contributed by atoms with van der Waals surface area (Å²) in [7, 11) is 0. The first-order valence-corrected chi connectivity index (χ1v) is 9.77. The van der Waals surface area contributed by atoms with Gasteiger partial charge in [-0.1, -0.05) is 37.3 Å². The van der Waals surface area contributed by atoms with Gasteiger partial charge in [0.05, 0.1) is 16.8 Å². The van der Waals surface area contributed by atoms with E-state index in [1.807, 2.05) is 29.7 Å². The van der Waals surface area contributed by atoms with Crippen molar-refractivity contribution in [3.8, 4) is 16.9 Å². The van der Waals surface area contributed by atoms with E-state index in [1.54, 1.807) is 36.7 Å². The van der Waals surface area contributed by atoms with Gasteiger partial charge in [0.1, 0.15) is 11.5 Å². The molecule has 0 saturated carbocycles. The lowest BCUT2D eigenvalue weighted by atomic mass is 10.1. The molecule has 0 atom stereocenters. The van der Waals surface area contributed by atoms with Gasteiger partial charge in [0, 0.05) is 25.5 Å². The summed E-state index contributed by atoms with van der Waals surface area (Å²) in [6.45, 7) is 2.94. The van der Waals surface area contributed by atoms with Crippen LogP contribution in [0.25, 0.3) is 16.9 Å². The zero-order valence-electron chi connectivity index (χ0n) is 16.5. The molecular formula is C23H21FN4O2. The highest BCUT2D eigenvalue weighted by atomic mass is 19.1. The predicted octanol–water partition coefficient (Wildman–Crippen LogP) is 3.62. The van der Waals surface area contributed by atoms with E-state index in [4.69, 9.17) is 0 Å². The standard InChI is InChI=1S/C23H21FN4O2/c1-2-12-27-14-19(22(29)25-13-16-8-10-17(24)11-9-16)21-20(15-27)23(30)28(26-21)18-6-4-3-5-7-18/h3-11,14-15H,2,12-13H2,1H3,(H,25,29). The van der Waals surface area contributed by atoms with Crippen molar-refractivity contribution in [2.24, 2.45) is 0 Å². The lowest BCUT2D eigenvalue weighted by molar-refractivity contribution is 0.0950. The molecule has 152 valence electrons. The highest BCUT2D eigenvalue weighted by molar-refractivity contribution is 5.99. The van der Waals surface area contributed by atoms with Crippen LogP contribution in [0.15, 0.2) is 71.8 Å². The van der Waals surface area contributed by atoms with Crippen molar-refractivity contribution in [3.05, 3.63) is 94.3 Å². The van der Waals surface area contributed by atoms with E-state index < -0.39 is 0 Å². The van der Waals surface area contributed by atoms with Crippen molar-refractivity contribution in [1.82, 2.24) is 19.7 Å². The van der Waals surface area contributed by atoms with Crippen molar-refractivity contribution in [3.63, 3.8) is 0 Å². The maximum atomic E-state index is 13.1. The number of hydrogen-bond donors (Lipinski definition) is 1. The van der Waals surface area contributed by atoms with E-state index in [0.717, 1.165) is 12.0 Å². The highest BCUT2D eigenvalue weighted by Gasteiger charge is 2.24. The molecule has 0 spiro atoms. The maximum absolute atomic E-state index is 13.1. The number of hydrogen-bond acceptors (Lipinski definition) is 3. The monoisotopic (exact) mass is 404 g/mol. The summed E-state index contributed by atoms with van der Waals surface area (Å²) in [4.78, 5) is 26.0. The molecule has 7 heteroatoms. The zero-order valence-corrected chi connectivity index (χ0v) is 16.5. The lowest BCUT2D eigenvalue weighted by Crippen LogP contribution is -2.25. The lowest BCUT2D eigenvalue weighted by Gasteiger charge is -2.12. The van der Waals surface area contributed by atoms with Crippen molar-refractivity contribution in [2.45, 2.75) is 26.4 Å². The minimum Gasteiger partial charge on any atom is -0.353 e. The summed E-state index contributed by atoms with van der Waals surface area (Å²) in [5.41, 5.74) is 2.22. The number of rotatable bonds is 6. The SMILES string of the molecule is CCCn1cc(C(=O)NCc2ccc(F)cc2)c2nn(-c3ccccc3)c(=O)c-2c1. The van der Waals surface area contributed by atoms with Gasteiger partial charge in [-0.2, -0.15) is 9.78 Å². The highest BCUT2D eigenvalue weighted by Crippen LogP contribution is 2.22. The number of benzene rings is 2. The summed E-state index contributed by atoms with van der Waals surface area (Å²) in [6.07, 6.45) is 4.31. The number of fused-ring (bicyclic) bond motifs is 1. The molecule has 4 rings (SSSR count). The van der Waals surface area contributed by atoms with Gasteiger partial charge < -0.3 is 9.88 Å². The Kier molecular flexibility index (Phi) is 5.43. The Morgan fingerprint density at radius 1 is 1.07 bits per heavy atom. The smallest absolute Gasteiger partial charge is 0.282 e. The normalized spacial score (nSPS) is 11.0. The van der Waals surface area contributed by atoms with Crippen molar-refractivity contribution in [2.75, 3.05) is 0 Å². The third kappa shape index (κ3) is 3.87. The fourth-order valence-electron chi connectivity index (χ4n) is 3.34. The second-order valence-electron chi connectivity index (χ2n) is 7.03. The van der Waals surface area contributed by atoms with Crippen molar-refractivity contribution in [1.29, 1.82) is 0 Å². The maximum Gasteiger partial charge on any atom is 0.282 e. The number of aryl methyl sites for hydroxylation is 1. The molecule has 2 aromatic rings. The van der Waals surface area contributed by atoms with Gasteiger partial charge in [-0.25, -0.2) is 4.39 Å². The molecule has 2 aliphatic rings. The zero-order chi connectivity index (χ0) is 21.1. The van der Waals surface area contributed by atoms with Crippen LogP contribution in [0.3, 0.4) is 0 Å². The number of pyridine rings is 1. The Hall–Kier alpha value is -3.74. The largest absolute Gasteiger partial charge is 0.353 e. The van der Waals surface area contributed by atoms with Crippen LogP contribution in [0, 0.1) is 5.82 Å². The molecule has 0 aromatic heterocycles. The van der Waals surface area contributed by atoms with Crippen LogP contribution in [-0.4, -0.2) is 20.3 Å². The number of nitrogens with zero attached hydrogens (tertiary/aromatic N) is 3. The van der Waals surface area contributed by atoms with E-state index in [0.29, 0.717) is 29.1 Å². The summed E-state index contributed by atoms with van der Waals surface area (Å²) < 4.78 is 16.2. The third-order valence-electron chi connectivity index (χ3n) is 4.82. The Bertz CT molecular complexity index is 1200. The quantitative estimate of drug-likeness (QED) is 0.534. The molecular weight excluding hydrogens is 383 g/mol. The van der Waals surface area contributed by atoms with Gasteiger partial charge in [-0.15, -0.1) is 0 Å². The van der Waals surface area contributed by atoms with E-state index in [2.05, 4.69) is 10.4 Å². The minimum atomic E-state index is -0.340. The van der Waals surface area contributed by atoms with Crippen LogP contribution in [0.2, 0.25) is 0 Å². The van der Waals surface area contributed by atoms with Crippen LogP contribution in [0.1, 0.15) is 29.3 Å². The van der Waals surface area contributed by atoms with Gasteiger partial charge in [0.15, 0.2) is 0 Å². The van der Waals surface area contributed by atoms with E-state index >= 15 is 0 Å². The summed E-state index contributed by atoms with van der Waals surface area (Å²) >= 11 is 0. The average molecular weight is 404 g/mol. The van der Waals surface area contributed by atoms with Crippen LogP contribution < -0.4 is 10.9 Å². The molecule has 1 N–H and O–H groups in total. The second kappa shape index (κ2) is 8.32. The van der Waals surface area contributed by atoms with Gasteiger partial charge >= 0.3 is 0 Å². The van der Waals surface area contributed by atoms with Crippen LogP contribution >= 0.6 is 0 Å². The molecule has 1 amide bonds. The van der Waals surface area contributed by atoms with Crippen molar-refractivity contribution >= 4 is 5.91 Å². The van der Waals surface area contributed by atoms with E-state index in [1.165, 1.54) is 16.8 Å². The second-order valence-corrected chi connectivity index (χ2v) is 7.03. The van der Waals surface area contributed by atoms with Crippen LogP contribution in [0.5, 0.6) is 0 Å². The Morgan fingerprint density at radius 2 is 1.80 bits per heavy atom. The van der Waals surface area contributed by atoms with Crippen LogP contribution in [-0.2, 0) is 13.1 Å². The van der Waals surface area contributed by atoms with Gasteiger partial charge in [0.2, 0.25) is 0 Å². The molecule has 0 aliphatic carbocycles. The first-order valence-electron chi connectivity index (χ1n) is 9.77. The van der Waals surface area contributed by atoms with Crippen LogP contribution in [0.4, 0.5) is 4.39 Å². The molecule has 0 saturated heterocycles. The van der Waals surface area contributed by atoms with Gasteiger partial charge in [-0.05, 0) is 36.2 Å². The molecule has 2 aliphatic heterocycles. The predicted molar refractivity (Wildman–Crippen MR) is 112 cm³/mol. The first kappa shape index (κ1) is 19.6. The Morgan fingerprint density at radius 3 is 2.50 bits per heavy atom. The molecule has 0 fully saturated rings. The minimum absolute atomic E-state index is 0.243. The fourth-order valence-corrected chi connectivity index (χ4v) is 3.34. The topological polar surface area (TPSA) is 68.9 Å². The van der Waals surface area contributed by atoms with Gasteiger partial charge in [-0.3, -0.25) is 9.59 Å². The Labute approximate surface area is 172 Å². The van der Waals surface area contributed by atoms with Crippen molar-refractivity contribution < 1.29 is 9.18 Å². The third-order valence-corrected chi connectivity index (χ3v) is 4.82. The first-order chi connectivity index (χ1) is 14.6. The number of aromatic nitrogens is 3. The summed E-state index contributed by atoms with van der Waals surface area (Å²) in [5.74, 6) is -0.669. The molecule has 0 bridgehead atoms. The number of carbonyl (C=O) groups excluding carboxylic acids is 1. The number of amides is 1. The summed E-state index contributed by atoms with van der Waals surface area (Å²) in [5, 5.41) is 7.29. The van der Waals surface area contributed by atoms with E-state index in [9.17, 15) is 14.0 Å². The average Bonchev–Trinajstić information content (AvgIpc) is 3.10. The molecule has 0 radical (unpaired) electrons. The Balaban J connectivity index is 1.72. The number of nitrogens with one attached hydrogen (secondary N) is 1. The molecule has 2 heterocycles. The molecule has 6 nitrogen and oxygen atoms in total. The number of carbonyl (C=O) groups is 1. The summed E-state index contributed by atoms with van der Waals surface area (Å²) in [6, 6.07) is 15.0. The van der Waals surface area contributed by atoms with E-state index in [-0.39, 0.29) is 23.8 Å². The van der Waals surface area contributed by atoms with Gasteiger partial charge in [0.25, 0.3) is 11.5 Å². The fraction of sp³-hybridized carbons (Fsp3) is 0.174. The molecule has 2 aromatic carbocycles. The number of halogens is 1. The molecule has 0 unspecified atom stereocenters.